The van der Waals surface area contributed by atoms with Crippen LogP contribution in [0.4, 0.5) is 14.5 Å². The van der Waals surface area contributed by atoms with Crippen molar-refractivity contribution in [3.8, 4) is 0 Å². The van der Waals surface area contributed by atoms with Crippen molar-refractivity contribution in [2.24, 2.45) is 0 Å². The molecule has 0 aliphatic rings. The van der Waals surface area contributed by atoms with Crippen LogP contribution in [-0.2, 0) is 4.79 Å². The summed E-state index contributed by atoms with van der Waals surface area (Å²) in [5, 5.41) is 2.42. The minimum atomic E-state index is -0.773. The second-order valence-electron chi connectivity index (χ2n) is 2.47. The molecule has 15 heavy (non-hydrogen) atoms. The number of benzene rings is 1. The number of anilines is 1. The van der Waals surface area contributed by atoms with Gasteiger partial charge in [-0.3, -0.25) is 15.6 Å². The standard InChI is InChI=1S/C8H7F2N3OS/c9-5-1-2-7(6(10)3-5)12-8(15)13-11-4-14/h1-4H,(H,11,14)(H2,12,13,15). The highest BCUT2D eigenvalue weighted by Gasteiger charge is 2.04. The zero-order chi connectivity index (χ0) is 11.3. The third-order valence-corrected chi connectivity index (χ3v) is 1.63. The third kappa shape index (κ3) is 3.47. The number of halogens is 2. The van der Waals surface area contributed by atoms with Crippen LogP contribution in [0.25, 0.3) is 0 Å². The molecular weight excluding hydrogens is 224 g/mol. The summed E-state index contributed by atoms with van der Waals surface area (Å²) in [6, 6.07) is 3.00. The number of thiocarbonyl (C=S) groups is 1. The number of carbonyl (C=O) groups is 1. The Labute approximate surface area is 89.6 Å². The summed E-state index contributed by atoms with van der Waals surface area (Å²) in [4.78, 5) is 9.89. The van der Waals surface area contributed by atoms with Crippen LogP contribution in [0.3, 0.4) is 0 Å². The molecule has 1 aromatic carbocycles. The number of nitrogens with one attached hydrogen (secondary N) is 3. The molecule has 0 spiro atoms. The van der Waals surface area contributed by atoms with Crippen molar-refractivity contribution >= 4 is 29.4 Å². The summed E-state index contributed by atoms with van der Waals surface area (Å²) in [5.41, 5.74) is 4.35. The van der Waals surface area contributed by atoms with Crippen molar-refractivity contribution in [1.82, 2.24) is 10.9 Å². The van der Waals surface area contributed by atoms with Crippen LogP contribution in [-0.4, -0.2) is 11.5 Å². The molecule has 0 saturated heterocycles. The Morgan fingerprint density at radius 1 is 1.40 bits per heavy atom. The van der Waals surface area contributed by atoms with E-state index in [1.54, 1.807) is 0 Å². The van der Waals surface area contributed by atoms with E-state index >= 15 is 0 Å². The summed E-state index contributed by atoms with van der Waals surface area (Å²) in [7, 11) is 0. The molecule has 1 amide bonds. The van der Waals surface area contributed by atoms with Crippen molar-refractivity contribution in [3.05, 3.63) is 29.8 Å². The molecule has 0 aliphatic heterocycles. The number of hydrogen-bond acceptors (Lipinski definition) is 2. The molecule has 0 atom stereocenters. The first kappa shape index (κ1) is 11.3. The number of amides is 1. The Hall–Kier alpha value is -1.76. The van der Waals surface area contributed by atoms with Gasteiger partial charge in [-0.15, -0.1) is 0 Å². The third-order valence-electron chi connectivity index (χ3n) is 1.42. The molecule has 1 rings (SSSR count). The highest BCUT2D eigenvalue weighted by atomic mass is 32.1. The first-order valence-corrected chi connectivity index (χ1v) is 4.25. The van der Waals surface area contributed by atoms with Crippen molar-refractivity contribution in [1.29, 1.82) is 0 Å². The maximum atomic E-state index is 13.1. The van der Waals surface area contributed by atoms with E-state index in [0.717, 1.165) is 12.1 Å². The summed E-state index contributed by atoms with van der Waals surface area (Å²) in [5.74, 6) is -1.45. The lowest BCUT2D eigenvalue weighted by Crippen LogP contribution is -2.39. The lowest BCUT2D eigenvalue weighted by atomic mass is 10.3. The van der Waals surface area contributed by atoms with Gasteiger partial charge in [0.05, 0.1) is 5.69 Å². The summed E-state index contributed by atoms with van der Waals surface area (Å²) < 4.78 is 25.6. The summed E-state index contributed by atoms with van der Waals surface area (Å²) in [6.07, 6.45) is 0.370. The monoisotopic (exact) mass is 231 g/mol. The van der Waals surface area contributed by atoms with Gasteiger partial charge in [0, 0.05) is 6.07 Å². The first-order chi connectivity index (χ1) is 7.13. The molecule has 4 nitrogen and oxygen atoms in total. The Balaban J connectivity index is 2.64. The van der Waals surface area contributed by atoms with Crippen molar-refractivity contribution < 1.29 is 13.6 Å². The molecule has 1 aromatic rings. The normalized spacial score (nSPS) is 9.20. The molecule has 7 heteroatoms. The van der Waals surface area contributed by atoms with Gasteiger partial charge in [-0.1, -0.05) is 0 Å². The molecule has 0 unspecified atom stereocenters. The van der Waals surface area contributed by atoms with Crippen LogP contribution in [0, 0.1) is 11.6 Å². The Morgan fingerprint density at radius 2 is 2.13 bits per heavy atom. The molecule has 0 saturated carbocycles. The molecule has 0 bridgehead atoms. The van der Waals surface area contributed by atoms with Gasteiger partial charge in [-0.25, -0.2) is 8.78 Å². The maximum Gasteiger partial charge on any atom is 0.225 e. The van der Waals surface area contributed by atoms with Crippen LogP contribution < -0.4 is 16.2 Å². The minimum absolute atomic E-state index is 0.00684. The van der Waals surface area contributed by atoms with Crippen molar-refractivity contribution in [2.45, 2.75) is 0 Å². The molecule has 0 radical (unpaired) electrons. The molecule has 80 valence electrons. The predicted octanol–water partition coefficient (Wildman–Crippen LogP) is 0.912. The molecule has 0 heterocycles. The van der Waals surface area contributed by atoms with Gasteiger partial charge in [0.1, 0.15) is 11.6 Å². The fraction of sp³-hybridized carbons (Fsp3) is 0. The van der Waals surface area contributed by atoms with Gasteiger partial charge in [0.25, 0.3) is 0 Å². The number of carbonyl (C=O) groups excluding carboxylic acids is 1. The van der Waals surface area contributed by atoms with E-state index in [1.807, 2.05) is 0 Å². The van der Waals surface area contributed by atoms with E-state index in [2.05, 4.69) is 28.4 Å². The molecule has 3 N–H and O–H groups in total. The van der Waals surface area contributed by atoms with E-state index in [4.69, 9.17) is 0 Å². The van der Waals surface area contributed by atoms with Crippen molar-refractivity contribution in [3.63, 3.8) is 0 Å². The zero-order valence-corrected chi connectivity index (χ0v) is 8.20. The van der Waals surface area contributed by atoms with Crippen molar-refractivity contribution in [2.75, 3.05) is 5.32 Å². The highest BCUT2D eigenvalue weighted by molar-refractivity contribution is 7.80. The first-order valence-electron chi connectivity index (χ1n) is 3.84. The second-order valence-corrected chi connectivity index (χ2v) is 2.87. The lowest BCUT2D eigenvalue weighted by Gasteiger charge is -2.09. The van der Waals surface area contributed by atoms with E-state index in [1.165, 1.54) is 6.07 Å². The van der Waals surface area contributed by atoms with Gasteiger partial charge in [0.2, 0.25) is 6.41 Å². The van der Waals surface area contributed by atoms with Crippen LogP contribution in [0.5, 0.6) is 0 Å². The second kappa shape index (κ2) is 5.20. The van der Waals surface area contributed by atoms with E-state index in [9.17, 15) is 13.6 Å². The SMILES string of the molecule is O=CNNC(=S)Nc1ccc(F)cc1F. The number of hydrogen-bond donors (Lipinski definition) is 3. The molecule has 0 aliphatic carbocycles. The fourth-order valence-electron chi connectivity index (χ4n) is 0.839. The summed E-state index contributed by atoms with van der Waals surface area (Å²) in [6.45, 7) is 0. The Morgan fingerprint density at radius 3 is 2.73 bits per heavy atom. The maximum absolute atomic E-state index is 13.1. The largest absolute Gasteiger partial charge is 0.329 e. The lowest BCUT2D eigenvalue weighted by molar-refractivity contribution is -0.110. The summed E-state index contributed by atoms with van der Waals surface area (Å²) >= 11 is 4.69. The van der Waals surface area contributed by atoms with Crippen LogP contribution in [0.15, 0.2) is 18.2 Å². The molecular formula is C8H7F2N3OS. The number of rotatable bonds is 3. The zero-order valence-electron chi connectivity index (χ0n) is 7.38. The number of hydrazine groups is 1. The highest BCUT2D eigenvalue weighted by Crippen LogP contribution is 2.14. The van der Waals surface area contributed by atoms with Crippen LogP contribution in [0.2, 0.25) is 0 Å². The average molecular weight is 231 g/mol. The van der Waals surface area contributed by atoms with Gasteiger partial charge in [-0.05, 0) is 24.4 Å². The molecule has 0 fully saturated rings. The fourth-order valence-corrected chi connectivity index (χ4v) is 1.01. The smallest absolute Gasteiger partial charge is 0.225 e. The van der Waals surface area contributed by atoms with Gasteiger partial charge in [0.15, 0.2) is 5.11 Å². The predicted molar refractivity (Wildman–Crippen MR) is 54.9 cm³/mol. The van der Waals surface area contributed by atoms with Gasteiger partial charge >= 0.3 is 0 Å². The van der Waals surface area contributed by atoms with Crippen LogP contribution in [0.1, 0.15) is 0 Å². The molecule has 0 aromatic heterocycles. The van der Waals surface area contributed by atoms with E-state index < -0.39 is 11.6 Å². The topological polar surface area (TPSA) is 53.2 Å². The Bertz CT molecular complexity index is 386. The minimum Gasteiger partial charge on any atom is -0.329 e. The quantitative estimate of drug-likeness (QED) is 0.411. The van der Waals surface area contributed by atoms with E-state index in [-0.39, 0.29) is 10.8 Å². The van der Waals surface area contributed by atoms with Crippen LogP contribution >= 0.6 is 12.2 Å². The van der Waals surface area contributed by atoms with Gasteiger partial charge in [-0.2, -0.15) is 0 Å². The van der Waals surface area contributed by atoms with E-state index in [0.29, 0.717) is 6.41 Å². The Kier molecular flexibility index (Phi) is 3.92. The average Bonchev–Trinajstić information content (AvgIpc) is 2.19. The van der Waals surface area contributed by atoms with Gasteiger partial charge < -0.3 is 5.32 Å².